The van der Waals surface area contributed by atoms with Gasteiger partial charge in [-0.25, -0.2) is 0 Å². The minimum atomic E-state index is -0.496. The first-order valence-corrected chi connectivity index (χ1v) is 4.87. The fourth-order valence-electron chi connectivity index (χ4n) is 1.84. The molecule has 2 rings (SSSR count). The topological polar surface area (TPSA) is 40.5 Å². The summed E-state index contributed by atoms with van der Waals surface area (Å²) in [6, 6.07) is 9.56. The van der Waals surface area contributed by atoms with Crippen LogP contribution in [0.3, 0.4) is 0 Å². The summed E-state index contributed by atoms with van der Waals surface area (Å²) in [5, 5.41) is 19.3. The fraction of sp³-hybridized carbons (Fsp3) is 0.333. The Morgan fingerprint density at radius 2 is 1.86 bits per heavy atom. The van der Waals surface area contributed by atoms with Crippen LogP contribution in [0.15, 0.2) is 42.5 Å². The van der Waals surface area contributed by atoms with Crippen LogP contribution in [-0.2, 0) is 0 Å². The molecule has 0 aliphatic heterocycles. The molecule has 0 radical (unpaired) electrons. The standard InChI is InChI=1S/C12H14O2/c13-11-7-6-10(8-11)12(14)9-4-2-1-3-5-9/h1-7,10-14H,8H2/t10-,11+,12-/m1/s1. The second-order valence-corrected chi connectivity index (χ2v) is 3.71. The average Bonchev–Trinajstić information content (AvgIpc) is 2.65. The van der Waals surface area contributed by atoms with Crippen molar-refractivity contribution < 1.29 is 10.2 Å². The Kier molecular flexibility index (Phi) is 2.66. The molecule has 1 aromatic carbocycles. The Morgan fingerprint density at radius 3 is 2.43 bits per heavy atom. The maximum Gasteiger partial charge on any atom is 0.0853 e. The van der Waals surface area contributed by atoms with E-state index in [2.05, 4.69) is 0 Å². The van der Waals surface area contributed by atoms with E-state index in [-0.39, 0.29) is 5.92 Å². The highest BCUT2D eigenvalue weighted by Gasteiger charge is 2.24. The molecule has 1 aliphatic carbocycles. The number of hydrogen-bond donors (Lipinski definition) is 2. The zero-order valence-electron chi connectivity index (χ0n) is 7.88. The van der Waals surface area contributed by atoms with Gasteiger partial charge in [-0.3, -0.25) is 0 Å². The van der Waals surface area contributed by atoms with Crippen LogP contribution in [-0.4, -0.2) is 16.3 Å². The predicted molar refractivity (Wildman–Crippen MR) is 54.7 cm³/mol. The van der Waals surface area contributed by atoms with E-state index in [0.717, 1.165) is 5.56 Å². The first-order valence-electron chi connectivity index (χ1n) is 4.87. The normalized spacial score (nSPS) is 27.9. The molecule has 1 aromatic rings. The lowest BCUT2D eigenvalue weighted by Crippen LogP contribution is -2.11. The average molecular weight is 190 g/mol. The zero-order chi connectivity index (χ0) is 9.97. The molecule has 2 heteroatoms. The third-order valence-electron chi connectivity index (χ3n) is 2.64. The van der Waals surface area contributed by atoms with Gasteiger partial charge in [0.2, 0.25) is 0 Å². The zero-order valence-corrected chi connectivity index (χ0v) is 7.88. The third-order valence-corrected chi connectivity index (χ3v) is 2.64. The molecule has 2 nitrogen and oxygen atoms in total. The lowest BCUT2D eigenvalue weighted by atomic mass is 9.95. The van der Waals surface area contributed by atoms with Crippen molar-refractivity contribution in [3.63, 3.8) is 0 Å². The first kappa shape index (κ1) is 9.44. The Labute approximate surface area is 83.5 Å². The van der Waals surface area contributed by atoms with E-state index in [4.69, 9.17) is 0 Å². The summed E-state index contributed by atoms with van der Waals surface area (Å²) in [6.45, 7) is 0. The smallest absolute Gasteiger partial charge is 0.0853 e. The Bertz CT molecular complexity index is 318. The maximum atomic E-state index is 9.98. The maximum absolute atomic E-state index is 9.98. The number of benzene rings is 1. The SMILES string of the molecule is O[C@H](c1ccccc1)[C@@H]1C=C[C@H](O)C1. The molecule has 0 unspecified atom stereocenters. The van der Waals surface area contributed by atoms with Crippen LogP contribution in [0.2, 0.25) is 0 Å². The molecule has 0 aromatic heterocycles. The largest absolute Gasteiger partial charge is 0.389 e. The van der Waals surface area contributed by atoms with Gasteiger partial charge in [-0.05, 0) is 12.0 Å². The second kappa shape index (κ2) is 3.95. The number of aliphatic hydroxyl groups is 2. The molecule has 0 amide bonds. The highest BCUT2D eigenvalue weighted by Crippen LogP contribution is 2.30. The minimum Gasteiger partial charge on any atom is -0.389 e. The van der Waals surface area contributed by atoms with E-state index in [1.165, 1.54) is 0 Å². The quantitative estimate of drug-likeness (QED) is 0.696. The predicted octanol–water partition coefficient (Wildman–Crippen LogP) is 1.66. The van der Waals surface area contributed by atoms with Crippen molar-refractivity contribution in [3.8, 4) is 0 Å². The summed E-state index contributed by atoms with van der Waals surface area (Å²) in [5.74, 6) is 0.0485. The molecule has 14 heavy (non-hydrogen) atoms. The van der Waals surface area contributed by atoms with Crippen LogP contribution in [0.25, 0.3) is 0 Å². The summed E-state index contributed by atoms with van der Waals surface area (Å²) in [5.41, 5.74) is 0.913. The van der Waals surface area contributed by atoms with Crippen LogP contribution in [0.4, 0.5) is 0 Å². The Hall–Kier alpha value is -1.12. The van der Waals surface area contributed by atoms with Crippen LogP contribution in [0.5, 0.6) is 0 Å². The van der Waals surface area contributed by atoms with Gasteiger partial charge in [-0.15, -0.1) is 0 Å². The van der Waals surface area contributed by atoms with Gasteiger partial charge in [-0.1, -0.05) is 42.5 Å². The van der Waals surface area contributed by atoms with Crippen molar-refractivity contribution in [2.45, 2.75) is 18.6 Å². The lowest BCUT2D eigenvalue weighted by Gasteiger charge is -2.17. The molecule has 74 valence electrons. The summed E-state index contributed by atoms with van der Waals surface area (Å²) >= 11 is 0. The molecule has 0 bridgehead atoms. The minimum absolute atomic E-state index is 0.0485. The molecule has 2 N–H and O–H groups in total. The summed E-state index contributed by atoms with van der Waals surface area (Å²) < 4.78 is 0. The van der Waals surface area contributed by atoms with E-state index < -0.39 is 12.2 Å². The Balaban J connectivity index is 2.10. The highest BCUT2D eigenvalue weighted by atomic mass is 16.3. The van der Waals surface area contributed by atoms with Crippen molar-refractivity contribution in [1.82, 2.24) is 0 Å². The lowest BCUT2D eigenvalue weighted by molar-refractivity contribution is 0.108. The van der Waals surface area contributed by atoms with Gasteiger partial charge in [0.1, 0.15) is 0 Å². The van der Waals surface area contributed by atoms with Crippen molar-refractivity contribution in [2.24, 2.45) is 5.92 Å². The van der Waals surface area contributed by atoms with Gasteiger partial charge < -0.3 is 10.2 Å². The van der Waals surface area contributed by atoms with Crippen LogP contribution >= 0.6 is 0 Å². The molecule has 0 spiro atoms. The van der Waals surface area contributed by atoms with Crippen molar-refractivity contribution in [2.75, 3.05) is 0 Å². The first-order chi connectivity index (χ1) is 6.77. The van der Waals surface area contributed by atoms with Crippen molar-refractivity contribution >= 4 is 0 Å². The summed E-state index contributed by atoms with van der Waals surface area (Å²) in [6.07, 6.45) is 3.37. The number of rotatable bonds is 2. The number of hydrogen-bond acceptors (Lipinski definition) is 2. The van der Waals surface area contributed by atoms with Gasteiger partial charge in [0.15, 0.2) is 0 Å². The molecule has 0 saturated heterocycles. The molecule has 0 heterocycles. The fourth-order valence-corrected chi connectivity index (χ4v) is 1.84. The van der Waals surface area contributed by atoms with Gasteiger partial charge >= 0.3 is 0 Å². The Morgan fingerprint density at radius 1 is 1.14 bits per heavy atom. The van der Waals surface area contributed by atoms with E-state index in [1.807, 2.05) is 36.4 Å². The summed E-state index contributed by atoms with van der Waals surface area (Å²) in [7, 11) is 0. The van der Waals surface area contributed by atoms with Crippen molar-refractivity contribution in [1.29, 1.82) is 0 Å². The van der Waals surface area contributed by atoms with E-state index in [1.54, 1.807) is 6.08 Å². The van der Waals surface area contributed by atoms with E-state index >= 15 is 0 Å². The molecular weight excluding hydrogens is 176 g/mol. The van der Waals surface area contributed by atoms with Gasteiger partial charge in [0.05, 0.1) is 12.2 Å². The van der Waals surface area contributed by atoms with Gasteiger partial charge in [-0.2, -0.15) is 0 Å². The van der Waals surface area contributed by atoms with E-state index in [9.17, 15) is 10.2 Å². The second-order valence-electron chi connectivity index (χ2n) is 3.71. The third kappa shape index (κ3) is 1.86. The molecule has 0 saturated carbocycles. The van der Waals surface area contributed by atoms with Gasteiger partial charge in [0.25, 0.3) is 0 Å². The molecule has 3 atom stereocenters. The van der Waals surface area contributed by atoms with Crippen LogP contribution in [0.1, 0.15) is 18.1 Å². The van der Waals surface area contributed by atoms with E-state index in [0.29, 0.717) is 6.42 Å². The van der Waals surface area contributed by atoms with Crippen LogP contribution in [0, 0.1) is 5.92 Å². The van der Waals surface area contributed by atoms with Gasteiger partial charge in [0, 0.05) is 5.92 Å². The molecule has 0 fully saturated rings. The monoisotopic (exact) mass is 190 g/mol. The highest BCUT2D eigenvalue weighted by molar-refractivity contribution is 5.20. The number of aliphatic hydroxyl groups excluding tert-OH is 2. The summed E-state index contributed by atoms with van der Waals surface area (Å²) in [4.78, 5) is 0. The van der Waals surface area contributed by atoms with Crippen molar-refractivity contribution in [3.05, 3.63) is 48.0 Å². The van der Waals surface area contributed by atoms with Crippen LogP contribution < -0.4 is 0 Å². The molecule has 1 aliphatic rings. The molecular formula is C12H14O2.